The van der Waals surface area contributed by atoms with Crippen LogP contribution in [0.4, 0.5) is 0 Å². The summed E-state index contributed by atoms with van der Waals surface area (Å²) in [6.07, 6.45) is 1.91. The summed E-state index contributed by atoms with van der Waals surface area (Å²) in [7, 11) is 0. The highest BCUT2D eigenvalue weighted by atomic mass is 32.1. The smallest absolute Gasteiger partial charge is 0.0794 e. The van der Waals surface area contributed by atoms with Crippen LogP contribution in [0.25, 0.3) is 10.6 Å². The summed E-state index contributed by atoms with van der Waals surface area (Å²) in [4.78, 5) is 2.60. The SMILES string of the molecule is C[C@H](NCc1cn[nH]c1-c1cccs1)c1cccs1. The molecule has 0 radical (unpaired) electrons. The normalized spacial score (nSPS) is 12.7. The van der Waals surface area contributed by atoms with Crippen LogP contribution in [-0.2, 0) is 6.54 Å². The molecule has 3 heterocycles. The zero-order chi connectivity index (χ0) is 13.1. The van der Waals surface area contributed by atoms with Crippen molar-refractivity contribution in [3.63, 3.8) is 0 Å². The van der Waals surface area contributed by atoms with Gasteiger partial charge in [0, 0.05) is 23.0 Å². The van der Waals surface area contributed by atoms with Crippen molar-refractivity contribution in [3.8, 4) is 10.6 Å². The lowest BCUT2D eigenvalue weighted by atomic mass is 10.2. The van der Waals surface area contributed by atoms with Gasteiger partial charge in [-0.15, -0.1) is 22.7 Å². The first kappa shape index (κ1) is 12.6. The van der Waals surface area contributed by atoms with E-state index in [-0.39, 0.29) is 0 Å². The molecule has 0 amide bonds. The van der Waals surface area contributed by atoms with E-state index >= 15 is 0 Å². The van der Waals surface area contributed by atoms with E-state index in [9.17, 15) is 0 Å². The lowest BCUT2D eigenvalue weighted by Crippen LogP contribution is -2.17. The van der Waals surface area contributed by atoms with Gasteiger partial charge >= 0.3 is 0 Å². The Bertz CT molecular complexity index is 611. The summed E-state index contributed by atoms with van der Waals surface area (Å²) in [5.41, 5.74) is 2.34. The molecule has 0 saturated heterocycles. The van der Waals surface area contributed by atoms with Gasteiger partial charge in [0.1, 0.15) is 0 Å². The first-order valence-electron chi connectivity index (χ1n) is 6.17. The van der Waals surface area contributed by atoms with Crippen LogP contribution in [0.1, 0.15) is 23.4 Å². The van der Waals surface area contributed by atoms with Crippen LogP contribution >= 0.6 is 22.7 Å². The number of nitrogens with zero attached hydrogens (tertiary/aromatic N) is 1. The number of hydrogen-bond acceptors (Lipinski definition) is 4. The molecule has 19 heavy (non-hydrogen) atoms. The van der Waals surface area contributed by atoms with Crippen LogP contribution in [0, 0.1) is 0 Å². The second-order valence-electron chi connectivity index (χ2n) is 4.37. The van der Waals surface area contributed by atoms with Gasteiger partial charge in [-0.25, -0.2) is 0 Å². The van der Waals surface area contributed by atoms with Crippen molar-refractivity contribution in [2.45, 2.75) is 19.5 Å². The largest absolute Gasteiger partial charge is 0.305 e. The summed E-state index contributed by atoms with van der Waals surface area (Å²) < 4.78 is 0. The van der Waals surface area contributed by atoms with Gasteiger partial charge in [0.15, 0.2) is 0 Å². The average molecular weight is 289 g/mol. The highest BCUT2D eigenvalue weighted by Gasteiger charge is 2.11. The lowest BCUT2D eigenvalue weighted by molar-refractivity contribution is 0.583. The van der Waals surface area contributed by atoms with Gasteiger partial charge in [-0.1, -0.05) is 12.1 Å². The van der Waals surface area contributed by atoms with E-state index in [1.54, 1.807) is 22.7 Å². The molecule has 0 fully saturated rings. The molecule has 1 atom stereocenters. The quantitative estimate of drug-likeness (QED) is 0.744. The van der Waals surface area contributed by atoms with E-state index in [1.165, 1.54) is 15.3 Å². The first-order valence-corrected chi connectivity index (χ1v) is 7.93. The average Bonchev–Trinajstić information content (AvgIpc) is 3.14. The number of nitrogens with one attached hydrogen (secondary N) is 2. The number of H-pyrrole nitrogens is 1. The van der Waals surface area contributed by atoms with Crippen LogP contribution in [0.15, 0.2) is 41.2 Å². The van der Waals surface area contributed by atoms with Gasteiger partial charge in [-0.2, -0.15) is 5.10 Å². The number of rotatable bonds is 5. The monoisotopic (exact) mass is 289 g/mol. The molecular weight excluding hydrogens is 274 g/mol. The van der Waals surface area contributed by atoms with E-state index < -0.39 is 0 Å². The standard InChI is InChI=1S/C14H15N3S2/c1-10(12-4-2-6-18-12)15-8-11-9-16-17-14(11)13-5-3-7-19-13/h2-7,9-10,15H,8H2,1H3,(H,16,17)/t10-/m0/s1. The Labute approximate surface area is 120 Å². The molecule has 0 aliphatic rings. The van der Waals surface area contributed by atoms with Crippen LogP contribution < -0.4 is 5.32 Å². The van der Waals surface area contributed by atoms with Crippen LogP contribution in [0.5, 0.6) is 0 Å². The van der Waals surface area contributed by atoms with Crippen molar-refractivity contribution in [3.05, 3.63) is 51.7 Å². The molecule has 2 N–H and O–H groups in total. The van der Waals surface area contributed by atoms with Crippen molar-refractivity contribution in [1.29, 1.82) is 0 Å². The van der Waals surface area contributed by atoms with Crippen LogP contribution in [0.3, 0.4) is 0 Å². The minimum absolute atomic E-state index is 0.367. The molecule has 3 aromatic rings. The van der Waals surface area contributed by atoms with E-state index in [4.69, 9.17) is 0 Å². The molecule has 0 unspecified atom stereocenters. The van der Waals surface area contributed by atoms with Gasteiger partial charge in [0.25, 0.3) is 0 Å². The Morgan fingerprint density at radius 2 is 2.11 bits per heavy atom. The highest BCUT2D eigenvalue weighted by Crippen LogP contribution is 2.26. The molecule has 5 heteroatoms. The molecule has 0 bridgehead atoms. The minimum atomic E-state index is 0.367. The third-order valence-corrected chi connectivity index (χ3v) is 5.00. The number of thiophene rings is 2. The Hall–Kier alpha value is -1.43. The zero-order valence-electron chi connectivity index (χ0n) is 10.6. The fourth-order valence-electron chi connectivity index (χ4n) is 1.98. The van der Waals surface area contributed by atoms with Crippen molar-refractivity contribution in [2.75, 3.05) is 0 Å². The topological polar surface area (TPSA) is 40.7 Å². The fourth-order valence-corrected chi connectivity index (χ4v) is 3.49. The third-order valence-electron chi connectivity index (χ3n) is 3.05. The Balaban J connectivity index is 1.70. The Morgan fingerprint density at radius 3 is 2.84 bits per heavy atom. The van der Waals surface area contributed by atoms with Crippen molar-refractivity contribution >= 4 is 22.7 Å². The molecule has 0 spiro atoms. The fraction of sp³-hybridized carbons (Fsp3) is 0.214. The lowest BCUT2D eigenvalue weighted by Gasteiger charge is -2.11. The number of aromatic amines is 1. The van der Waals surface area contributed by atoms with Crippen LogP contribution in [0.2, 0.25) is 0 Å². The molecule has 3 nitrogen and oxygen atoms in total. The van der Waals surface area contributed by atoms with E-state index in [1.807, 2.05) is 6.20 Å². The molecule has 98 valence electrons. The third kappa shape index (κ3) is 2.78. The van der Waals surface area contributed by atoms with E-state index in [2.05, 4.69) is 57.5 Å². The molecule has 0 saturated carbocycles. The molecular formula is C14H15N3S2. The van der Waals surface area contributed by atoms with Gasteiger partial charge in [0.05, 0.1) is 16.8 Å². The van der Waals surface area contributed by atoms with Gasteiger partial charge in [-0.05, 0) is 29.8 Å². The van der Waals surface area contributed by atoms with E-state index in [0.717, 1.165) is 12.2 Å². The molecule has 0 aromatic carbocycles. The molecule has 0 aliphatic heterocycles. The second-order valence-corrected chi connectivity index (χ2v) is 6.29. The van der Waals surface area contributed by atoms with Crippen LogP contribution in [-0.4, -0.2) is 10.2 Å². The molecule has 3 aromatic heterocycles. The van der Waals surface area contributed by atoms with Gasteiger partial charge in [-0.3, -0.25) is 5.10 Å². The summed E-state index contributed by atoms with van der Waals surface area (Å²) >= 11 is 3.52. The Kier molecular flexibility index (Phi) is 3.77. The maximum absolute atomic E-state index is 4.16. The predicted octanol–water partition coefficient (Wildman–Crippen LogP) is 4.05. The summed E-state index contributed by atoms with van der Waals surface area (Å²) in [5, 5.41) is 15.0. The molecule has 3 rings (SSSR count). The predicted molar refractivity (Wildman–Crippen MR) is 81.5 cm³/mol. The summed E-state index contributed by atoms with van der Waals surface area (Å²) in [6.45, 7) is 3.01. The first-order chi connectivity index (χ1) is 9.34. The van der Waals surface area contributed by atoms with Gasteiger partial charge < -0.3 is 5.32 Å². The minimum Gasteiger partial charge on any atom is -0.305 e. The number of aromatic nitrogens is 2. The van der Waals surface area contributed by atoms with Crippen molar-refractivity contribution in [2.24, 2.45) is 0 Å². The Morgan fingerprint density at radius 1 is 1.26 bits per heavy atom. The zero-order valence-corrected chi connectivity index (χ0v) is 12.2. The summed E-state index contributed by atoms with van der Waals surface area (Å²) in [5.74, 6) is 0. The van der Waals surface area contributed by atoms with Crippen molar-refractivity contribution < 1.29 is 0 Å². The van der Waals surface area contributed by atoms with E-state index in [0.29, 0.717) is 6.04 Å². The second kappa shape index (κ2) is 5.69. The highest BCUT2D eigenvalue weighted by molar-refractivity contribution is 7.13. The number of hydrogen-bond donors (Lipinski definition) is 2. The maximum Gasteiger partial charge on any atom is 0.0794 e. The molecule has 0 aliphatic carbocycles. The van der Waals surface area contributed by atoms with Crippen molar-refractivity contribution in [1.82, 2.24) is 15.5 Å². The summed E-state index contributed by atoms with van der Waals surface area (Å²) in [6, 6.07) is 8.80. The maximum atomic E-state index is 4.16. The van der Waals surface area contributed by atoms with Gasteiger partial charge in [0.2, 0.25) is 0 Å².